The number of carbonyl (C=O) groups excluding carboxylic acids is 2. The average molecular weight is 694 g/mol. The highest BCUT2D eigenvalue weighted by atomic mass is 19.1. The van der Waals surface area contributed by atoms with Crippen LogP contribution in [0, 0.1) is 5.82 Å². The number of benzene rings is 4. The van der Waals surface area contributed by atoms with E-state index in [1.807, 2.05) is 18.2 Å². The fourth-order valence-corrected chi connectivity index (χ4v) is 7.61. The molecule has 2 unspecified atom stereocenters. The number of halogens is 1. The van der Waals surface area contributed by atoms with E-state index in [1.54, 1.807) is 19.2 Å². The molecule has 3 N–H and O–H groups in total. The van der Waals surface area contributed by atoms with E-state index in [0.29, 0.717) is 38.8 Å². The number of nitrogens with zero attached hydrogens (tertiary/aromatic N) is 1. The summed E-state index contributed by atoms with van der Waals surface area (Å²) in [6.07, 6.45) is 5.37. The number of hydrogen-bond donors (Lipinski definition) is 3. The number of amides is 2. The normalized spacial score (nSPS) is 15.9. The lowest BCUT2D eigenvalue weighted by molar-refractivity contribution is -0.128. The van der Waals surface area contributed by atoms with Crippen LogP contribution in [0.4, 0.5) is 4.39 Å². The second-order valence-corrected chi connectivity index (χ2v) is 13.6. The van der Waals surface area contributed by atoms with Crippen molar-refractivity contribution in [2.75, 3.05) is 33.4 Å². The number of carbonyl (C=O) groups is 2. The molecule has 1 aliphatic heterocycles. The Kier molecular flexibility index (Phi) is 13.8. The number of nitrogens with one attached hydrogen (secondary N) is 2. The molecule has 270 valence electrons. The predicted molar refractivity (Wildman–Crippen MR) is 200 cm³/mol. The van der Waals surface area contributed by atoms with Gasteiger partial charge in [-0.15, -0.1) is 0 Å². The Labute approximate surface area is 302 Å². The molecule has 1 aliphatic rings. The molecule has 0 bridgehead atoms. The number of hydrogen-bond acceptors (Lipinski definition) is 5. The first kappa shape index (κ1) is 37.7. The molecule has 0 aliphatic carbocycles. The summed E-state index contributed by atoms with van der Waals surface area (Å²) in [6, 6.07) is 33.4. The highest BCUT2D eigenvalue weighted by Crippen LogP contribution is 2.42. The van der Waals surface area contributed by atoms with Gasteiger partial charge in [0.2, 0.25) is 11.8 Å². The van der Waals surface area contributed by atoms with Gasteiger partial charge < -0.3 is 20.5 Å². The van der Waals surface area contributed by atoms with Crippen molar-refractivity contribution in [3.05, 3.63) is 137 Å². The molecule has 1 heterocycles. The molecule has 4 aromatic carbocycles. The second-order valence-electron chi connectivity index (χ2n) is 13.6. The Morgan fingerprint density at radius 2 is 1.51 bits per heavy atom. The lowest BCUT2D eigenvalue weighted by Gasteiger charge is -2.42. The van der Waals surface area contributed by atoms with Gasteiger partial charge in [-0.25, -0.2) is 4.39 Å². The third-order valence-electron chi connectivity index (χ3n) is 10.4. The van der Waals surface area contributed by atoms with Crippen LogP contribution in [0.2, 0.25) is 0 Å². The van der Waals surface area contributed by atoms with E-state index in [1.165, 1.54) is 28.8 Å². The monoisotopic (exact) mass is 693 g/mol. The predicted octanol–water partition coefficient (Wildman–Crippen LogP) is 6.92. The van der Waals surface area contributed by atoms with Crippen LogP contribution in [0.1, 0.15) is 79.3 Å². The van der Waals surface area contributed by atoms with Gasteiger partial charge in [0.15, 0.2) is 0 Å². The Morgan fingerprint density at radius 1 is 0.863 bits per heavy atom. The maximum atomic E-state index is 13.6. The minimum atomic E-state index is -0.326. The molecule has 51 heavy (non-hydrogen) atoms. The lowest BCUT2D eigenvalue weighted by atomic mass is 9.68. The lowest BCUT2D eigenvalue weighted by Crippen LogP contribution is -2.52. The average Bonchev–Trinajstić information content (AvgIpc) is 3.17. The Hall–Kier alpha value is -4.53. The zero-order valence-corrected chi connectivity index (χ0v) is 30.0. The van der Waals surface area contributed by atoms with E-state index < -0.39 is 0 Å². The molecule has 0 saturated carbocycles. The summed E-state index contributed by atoms with van der Waals surface area (Å²) in [5, 5.41) is 15.5. The number of aryl methyl sites for hydroxylation is 1. The van der Waals surface area contributed by atoms with Gasteiger partial charge in [-0.2, -0.15) is 0 Å². The SMILES string of the molecule is COc1ccc2c(c1)C(C)N(CCCC(CCCNC(=O)CCc1ccc(F)cc1)(c1ccccc1)c1ccccc1)C(C(=O)NCCCO)C2. The van der Waals surface area contributed by atoms with E-state index in [2.05, 4.69) is 83.1 Å². The van der Waals surface area contributed by atoms with Crippen molar-refractivity contribution in [1.29, 1.82) is 0 Å². The van der Waals surface area contributed by atoms with Crippen LogP contribution in [-0.4, -0.2) is 61.2 Å². The molecule has 4 aromatic rings. The number of fused-ring (bicyclic) bond motifs is 1. The zero-order valence-electron chi connectivity index (χ0n) is 30.0. The summed E-state index contributed by atoms with van der Waals surface area (Å²) < 4.78 is 18.9. The number of methoxy groups -OCH3 is 1. The van der Waals surface area contributed by atoms with Crippen LogP contribution in [0.25, 0.3) is 0 Å². The summed E-state index contributed by atoms with van der Waals surface area (Å²) in [5.74, 6) is 0.508. The Balaban J connectivity index is 1.33. The standard InChI is InChI=1S/C43H52FN3O4/c1-32-39-31-38(51-2)22-19-34(39)30-40(42(50)46-27-11-29-48)47(32)28-10-25-43(35-12-5-3-6-13-35,36-14-7-4-8-15-36)24-9-26-45-41(49)23-18-33-16-20-37(44)21-17-33/h3-8,12-17,19-22,31-32,40,48H,9-11,18,23-30H2,1-2H3,(H,45,49)(H,46,50). The molecule has 0 radical (unpaired) electrons. The summed E-state index contributed by atoms with van der Waals surface area (Å²) in [6.45, 7) is 3.93. The third-order valence-corrected chi connectivity index (χ3v) is 10.4. The highest BCUT2D eigenvalue weighted by molar-refractivity contribution is 5.82. The summed E-state index contributed by atoms with van der Waals surface area (Å²) in [7, 11) is 1.68. The van der Waals surface area contributed by atoms with Gasteiger partial charge in [-0.1, -0.05) is 78.9 Å². The van der Waals surface area contributed by atoms with Crippen molar-refractivity contribution in [2.45, 2.75) is 75.8 Å². The highest BCUT2D eigenvalue weighted by Gasteiger charge is 2.38. The number of ether oxygens (including phenoxy) is 1. The van der Waals surface area contributed by atoms with Crippen LogP contribution in [-0.2, 0) is 27.8 Å². The molecular formula is C43H52FN3O4. The van der Waals surface area contributed by atoms with Crippen LogP contribution < -0.4 is 15.4 Å². The molecule has 2 atom stereocenters. The molecule has 8 heteroatoms. The first-order chi connectivity index (χ1) is 24.8. The quantitative estimate of drug-likeness (QED) is 0.0986. The van der Waals surface area contributed by atoms with Crippen LogP contribution >= 0.6 is 0 Å². The van der Waals surface area contributed by atoms with Crippen molar-refractivity contribution >= 4 is 11.8 Å². The van der Waals surface area contributed by atoms with Gasteiger partial charge >= 0.3 is 0 Å². The summed E-state index contributed by atoms with van der Waals surface area (Å²) >= 11 is 0. The molecule has 0 saturated heterocycles. The van der Waals surface area contributed by atoms with E-state index in [-0.39, 0.29) is 41.7 Å². The van der Waals surface area contributed by atoms with E-state index in [4.69, 9.17) is 4.74 Å². The first-order valence-electron chi connectivity index (χ1n) is 18.3. The second kappa shape index (κ2) is 18.6. The molecule has 0 aromatic heterocycles. The minimum absolute atomic E-state index is 0.00501. The van der Waals surface area contributed by atoms with Crippen molar-refractivity contribution in [2.24, 2.45) is 0 Å². The summed E-state index contributed by atoms with van der Waals surface area (Å²) in [4.78, 5) is 28.7. The van der Waals surface area contributed by atoms with Crippen molar-refractivity contribution in [3.63, 3.8) is 0 Å². The molecule has 5 rings (SSSR count). The largest absolute Gasteiger partial charge is 0.497 e. The number of aliphatic hydroxyl groups is 1. The van der Waals surface area contributed by atoms with Crippen LogP contribution in [0.15, 0.2) is 103 Å². The van der Waals surface area contributed by atoms with Crippen molar-refractivity contribution < 1.29 is 23.8 Å². The molecular weight excluding hydrogens is 641 g/mol. The third kappa shape index (κ3) is 9.83. The van der Waals surface area contributed by atoms with Gasteiger partial charge in [0.05, 0.1) is 13.2 Å². The smallest absolute Gasteiger partial charge is 0.237 e. The number of rotatable bonds is 18. The van der Waals surface area contributed by atoms with Crippen LogP contribution in [0.5, 0.6) is 5.75 Å². The van der Waals surface area contributed by atoms with Crippen LogP contribution in [0.3, 0.4) is 0 Å². The Morgan fingerprint density at radius 3 is 2.16 bits per heavy atom. The van der Waals surface area contributed by atoms with E-state index >= 15 is 0 Å². The molecule has 0 spiro atoms. The van der Waals surface area contributed by atoms with Gasteiger partial charge in [0, 0.05) is 37.6 Å². The maximum Gasteiger partial charge on any atom is 0.237 e. The van der Waals surface area contributed by atoms with Gasteiger partial charge in [0.1, 0.15) is 11.6 Å². The van der Waals surface area contributed by atoms with Crippen molar-refractivity contribution in [1.82, 2.24) is 15.5 Å². The Bertz CT molecular complexity index is 1640. The van der Waals surface area contributed by atoms with Crippen molar-refractivity contribution in [3.8, 4) is 5.75 Å². The van der Waals surface area contributed by atoms with Gasteiger partial charge in [-0.3, -0.25) is 14.5 Å². The fourth-order valence-electron chi connectivity index (χ4n) is 7.61. The topological polar surface area (TPSA) is 90.9 Å². The number of aliphatic hydroxyl groups excluding tert-OH is 1. The van der Waals surface area contributed by atoms with E-state index in [0.717, 1.165) is 49.1 Å². The maximum absolute atomic E-state index is 13.6. The van der Waals surface area contributed by atoms with Gasteiger partial charge in [-0.05, 0) is 110 Å². The molecule has 0 fully saturated rings. The minimum Gasteiger partial charge on any atom is -0.497 e. The van der Waals surface area contributed by atoms with E-state index in [9.17, 15) is 19.1 Å². The zero-order chi connectivity index (χ0) is 36.1. The molecule has 2 amide bonds. The fraction of sp³-hybridized carbons (Fsp3) is 0.395. The van der Waals surface area contributed by atoms with Gasteiger partial charge in [0.25, 0.3) is 0 Å². The summed E-state index contributed by atoms with van der Waals surface area (Å²) in [5.41, 5.74) is 5.44. The molecule has 7 nitrogen and oxygen atoms in total. The first-order valence-corrected chi connectivity index (χ1v) is 18.3.